The molecule has 0 unspecified atom stereocenters. The van der Waals surface area contributed by atoms with Gasteiger partial charge in [0.25, 0.3) is 0 Å². The molecule has 3 rings (SSSR count). The maximum atomic E-state index is 10.3. The number of imidazole rings is 1. The first kappa shape index (κ1) is 9.65. The number of amides is 1. The Balaban J connectivity index is 2.03. The van der Waals surface area contributed by atoms with E-state index in [1.165, 1.54) is 0 Å². The largest absolute Gasteiger partial charge is 0.423 e. The van der Waals surface area contributed by atoms with Crippen molar-refractivity contribution in [3.63, 3.8) is 0 Å². The smallest absolute Gasteiger partial charge is 0.308 e. The van der Waals surface area contributed by atoms with Gasteiger partial charge in [-0.15, -0.1) is 0 Å². The van der Waals surface area contributed by atoms with Crippen molar-refractivity contribution < 1.29 is 9.21 Å². The topological polar surface area (TPSA) is 59.5 Å². The summed E-state index contributed by atoms with van der Waals surface area (Å²) in [5, 5.41) is 2.47. The number of nitrogens with zero attached hydrogens (tertiary/aromatic N) is 2. The standard InChI is InChI=1S/C12H9N3O2/c16-8-13-11-7-15-6-10(17-12(15)14-11)9-4-2-1-3-5-9/h1-8H,(H,13,16). The summed E-state index contributed by atoms with van der Waals surface area (Å²) >= 11 is 0. The number of anilines is 1. The first-order chi connectivity index (χ1) is 8.36. The van der Waals surface area contributed by atoms with Crippen molar-refractivity contribution in [3.8, 4) is 11.3 Å². The first-order valence-electron chi connectivity index (χ1n) is 5.11. The van der Waals surface area contributed by atoms with Gasteiger partial charge in [0, 0.05) is 5.56 Å². The molecular weight excluding hydrogens is 218 g/mol. The van der Waals surface area contributed by atoms with Crippen LogP contribution in [-0.4, -0.2) is 15.8 Å². The molecule has 0 fully saturated rings. The van der Waals surface area contributed by atoms with E-state index in [-0.39, 0.29) is 0 Å². The first-order valence-corrected chi connectivity index (χ1v) is 5.11. The Morgan fingerprint density at radius 1 is 1.24 bits per heavy atom. The van der Waals surface area contributed by atoms with Crippen LogP contribution >= 0.6 is 0 Å². The third-order valence-corrected chi connectivity index (χ3v) is 2.42. The molecule has 0 saturated carbocycles. The average molecular weight is 227 g/mol. The van der Waals surface area contributed by atoms with Crippen molar-refractivity contribution in [3.05, 3.63) is 42.7 Å². The fourth-order valence-corrected chi connectivity index (χ4v) is 1.66. The summed E-state index contributed by atoms with van der Waals surface area (Å²) < 4.78 is 7.31. The number of fused-ring (bicyclic) bond motifs is 1. The van der Waals surface area contributed by atoms with Gasteiger partial charge in [0.2, 0.25) is 6.41 Å². The minimum atomic E-state index is 0.452. The normalized spacial score (nSPS) is 10.6. The highest BCUT2D eigenvalue weighted by molar-refractivity contribution is 5.69. The van der Waals surface area contributed by atoms with Gasteiger partial charge in [-0.1, -0.05) is 30.3 Å². The van der Waals surface area contributed by atoms with E-state index in [2.05, 4.69) is 10.3 Å². The lowest BCUT2D eigenvalue weighted by molar-refractivity contribution is -0.105. The third-order valence-electron chi connectivity index (χ3n) is 2.42. The molecule has 5 nitrogen and oxygen atoms in total. The molecule has 3 aromatic rings. The molecular formula is C12H9N3O2. The minimum Gasteiger partial charge on any atom is -0.423 e. The number of carbonyl (C=O) groups excluding carboxylic acids is 1. The van der Waals surface area contributed by atoms with Crippen molar-refractivity contribution in [2.75, 3.05) is 5.32 Å². The maximum Gasteiger partial charge on any atom is 0.308 e. The van der Waals surface area contributed by atoms with Gasteiger partial charge >= 0.3 is 5.84 Å². The molecule has 0 spiro atoms. The molecule has 0 saturated heterocycles. The zero-order valence-corrected chi connectivity index (χ0v) is 8.83. The van der Waals surface area contributed by atoms with Crippen LogP contribution in [0.1, 0.15) is 0 Å². The molecule has 1 amide bonds. The Kier molecular flexibility index (Phi) is 2.15. The van der Waals surface area contributed by atoms with Gasteiger partial charge in [-0.2, -0.15) is 4.98 Å². The predicted molar refractivity (Wildman–Crippen MR) is 62.6 cm³/mol. The van der Waals surface area contributed by atoms with E-state index in [0.29, 0.717) is 18.1 Å². The van der Waals surface area contributed by atoms with Crippen molar-refractivity contribution in [2.24, 2.45) is 0 Å². The molecule has 0 bridgehead atoms. The molecule has 2 heterocycles. The number of nitrogens with one attached hydrogen (secondary N) is 1. The minimum absolute atomic E-state index is 0.452. The monoisotopic (exact) mass is 227 g/mol. The van der Waals surface area contributed by atoms with Crippen LogP contribution in [0.5, 0.6) is 0 Å². The lowest BCUT2D eigenvalue weighted by Gasteiger charge is -1.93. The van der Waals surface area contributed by atoms with Gasteiger partial charge in [0.15, 0.2) is 11.6 Å². The quantitative estimate of drug-likeness (QED) is 0.697. The van der Waals surface area contributed by atoms with Gasteiger partial charge < -0.3 is 9.73 Å². The van der Waals surface area contributed by atoms with E-state index >= 15 is 0 Å². The highest BCUT2D eigenvalue weighted by atomic mass is 16.4. The number of rotatable bonds is 3. The van der Waals surface area contributed by atoms with E-state index in [1.54, 1.807) is 10.6 Å². The van der Waals surface area contributed by atoms with Crippen LogP contribution in [0.3, 0.4) is 0 Å². The Hall–Kier alpha value is -2.56. The van der Waals surface area contributed by atoms with E-state index in [9.17, 15) is 4.79 Å². The van der Waals surface area contributed by atoms with E-state index in [1.807, 2.05) is 36.5 Å². The second kappa shape index (κ2) is 3.79. The van der Waals surface area contributed by atoms with E-state index in [4.69, 9.17) is 4.42 Å². The summed E-state index contributed by atoms with van der Waals surface area (Å²) in [6.07, 6.45) is 4.10. The fourth-order valence-electron chi connectivity index (χ4n) is 1.66. The van der Waals surface area contributed by atoms with Gasteiger partial charge in [-0.05, 0) is 0 Å². The zero-order chi connectivity index (χ0) is 11.7. The Morgan fingerprint density at radius 3 is 2.76 bits per heavy atom. The lowest BCUT2D eigenvalue weighted by Crippen LogP contribution is -1.92. The van der Waals surface area contributed by atoms with Gasteiger partial charge in [-0.3, -0.25) is 9.20 Å². The summed E-state index contributed by atoms with van der Waals surface area (Å²) in [7, 11) is 0. The number of hydrogen-bond donors (Lipinski definition) is 1. The third kappa shape index (κ3) is 1.67. The molecule has 0 aliphatic carbocycles. The molecule has 1 aromatic carbocycles. The number of oxazole rings is 1. The van der Waals surface area contributed by atoms with Crippen molar-refractivity contribution in [1.29, 1.82) is 0 Å². The van der Waals surface area contributed by atoms with Crippen LogP contribution in [0.2, 0.25) is 0 Å². The van der Waals surface area contributed by atoms with Crippen LogP contribution in [0.25, 0.3) is 17.2 Å². The summed E-state index contributed by atoms with van der Waals surface area (Å²) in [4.78, 5) is 14.4. The molecule has 0 aliphatic heterocycles. The second-order valence-corrected chi connectivity index (χ2v) is 3.54. The lowest BCUT2D eigenvalue weighted by atomic mass is 10.2. The maximum absolute atomic E-state index is 10.3. The molecule has 2 aromatic heterocycles. The van der Waals surface area contributed by atoms with Gasteiger partial charge in [0.1, 0.15) is 0 Å². The number of hydrogen-bond acceptors (Lipinski definition) is 3. The van der Waals surface area contributed by atoms with Crippen LogP contribution < -0.4 is 5.32 Å². The average Bonchev–Trinajstić information content (AvgIpc) is 2.88. The summed E-state index contributed by atoms with van der Waals surface area (Å²) in [5.41, 5.74) is 0.989. The van der Waals surface area contributed by atoms with E-state index < -0.39 is 0 Å². The highest BCUT2D eigenvalue weighted by Crippen LogP contribution is 2.23. The van der Waals surface area contributed by atoms with E-state index in [0.717, 1.165) is 11.3 Å². The van der Waals surface area contributed by atoms with Crippen molar-refractivity contribution >= 4 is 18.1 Å². The number of carbonyl (C=O) groups is 1. The van der Waals surface area contributed by atoms with Crippen LogP contribution in [0.4, 0.5) is 5.82 Å². The SMILES string of the molecule is O=CNc1cn2cc(-c3ccccc3)oc2n1. The van der Waals surface area contributed by atoms with Crippen molar-refractivity contribution in [1.82, 2.24) is 9.38 Å². The van der Waals surface area contributed by atoms with Gasteiger partial charge in [0.05, 0.1) is 12.4 Å². The van der Waals surface area contributed by atoms with Gasteiger partial charge in [-0.25, -0.2) is 0 Å². The molecule has 1 N–H and O–H groups in total. The Labute approximate surface area is 96.7 Å². The summed E-state index contributed by atoms with van der Waals surface area (Å²) in [6.45, 7) is 0. The molecule has 0 atom stereocenters. The fraction of sp³-hybridized carbons (Fsp3) is 0. The summed E-state index contributed by atoms with van der Waals surface area (Å²) in [6, 6.07) is 9.76. The van der Waals surface area contributed by atoms with Crippen LogP contribution in [0, 0.1) is 0 Å². The molecule has 0 aliphatic rings. The molecule has 17 heavy (non-hydrogen) atoms. The number of aromatic nitrogens is 2. The predicted octanol–water partition coefficient (Wildman–Crippen LogP) is 2.16. The summed E-state index contributed by atoms with van der Waals surface area (Å²) in [5.74, 6) is 1.66. The number of benzene rings is 1. The van der Waals surface area contributed by atoms with Crippen LogP contribution in [0.15, 0.2) is 47.1 Å². The second-order valence-electron chi connectivity index (χ2n) is 3.54. The highest BCUT2D eigenvalue weighted by Gasteiger charge is 2.08. The Bertz CT molecular complexity index is 623. The molecule has 84 valence electrons. The van der Waals surface area contributed by atoms with Crippen LogP contribution in [-0.2, 0) is 4.79 Å². The zero-order valence-electron chi connectivity index (χ0n) is 8.83. The molecule has 0 radical (unpaired) electrons. The molecule has 5 heteroatoms. The Morgan fingerprint density at radius 2 is 2.06 bits per heavy atom. The van der Waals surface area contributed by atoms with Crippen molar-refractivity contribution in [2.45, 2.75) is 0 Å².